The fourth-order valence-electron chi connectivity index (χ4n) is 5.50. The highest BCUT2D eigenvalue weighted by Crippen LogP contribution is 2.28. The van der Waals surface area contributed by atoms with Crippen LogP contribution < -0.4 is 9.70 Å². The molecular weight excluding hydrogens is 739 g/mol. The summed E-state index contributed by atoms with van der Waals surface area (Å²) < 4.78 is 15.9. The second-order valence-electron chi connectivity index (χ2n) is 14.1. The van der Waals surface area contributed by atoms with E-state index in [0.29, 0.717) is 41.8 Å². The van der Waals surface area contributed by atoms with Crippen molar-refractivity contribution in [2.75, 3.05) is 22.5 Å². The lowest BCUT2D eigenvalue weighted by Gasteiger charge is -2.31. The second kappa shape index (κ2) is 15.1. The lowest BCUT2D eigenvalue weighted by molar-refractivity contribution is 0.00614. The van der Waals surface area contributed by atoms with Gasteiger partial charge in [-0.25, -0.2) is 9.78 Å². The number of hydrogen-bond acceptors (Lipinski definition) is 7. The molecule has 0 fully saturated rings. The summed E-state index contributed by atoms with van der Waals surface area (Å²) in [4.78, 5) is 39.5. The smallest absolute Gasteiger partial charge is 0.357 e. The summed E-state index contributed by atoms with van der Waals surface area (Å²) in [6.07, 6.45) is 2.47. The minimum absolute atomic E-state index is 0.275. The lowest BCUT2D eigenvalue weighted by Crippen LogP contribution is -2.33. The Kier molecular flexibility index (Phi) is 11.4. The Morgan fingerprint density at radius 2 is 1.85 bits per heavy atom. The Morgan fingerprint density at radius 1 is 1.06 bits per heavy atom. The van der Waals surface area contributed by atoms with E-state index in [0.717, 1.165) is 63.2 Å². The van der Waals surface area contributed by atoms with Gasteiger partial charge in [-0.15, -0.1) is 0 Å². The molecule has 0 N–H and O–H groups in total. The van der Waals surface area contributed by atoms with Crippen molar-refractivity contribution in [1.82, 2.24) is 9.55 Å². The van der Waals surface area contributed by atoms with Gasteiger partial charge in [0.05, 0.1) is 10.2 Å². The molecule has 0 saturated carbocycles. The van der Waals surface area contributed by atoms with Gasteiger partial charge < -0.3 is 14.4 Å². The Balaban J connectivity index is 1.44. The van der Waals surface area contributed by atoms with Gasteiger partial charge in [0.2, 0.25) is 0 Å². The molecule has 0 saturated heterocycles. The van der Waals surface area contributed by atoms with Crippen LogP contribution in [0.5, 0.6) is 0 Å². The van der Waals surface area contributed by atoms with Crippen LogP contribution in [0.25, 0.3) is 10.2 Å². The zero-order valence-electron chi connectivity index (χ0n) is 28.3. The number of carbonyl (C=O) groups excluding carboxylic acids is 2. The van der Waals surface area contributed by atoms with Crippen LogP contribution in [0.3, 0.4) is 0 Å². The number of thiazole rings is 1. The summed E-state index contributed by atoms with van der Waals surface area (Å²) in [7, 11) is -1.23. The molecule has 1 aliphatic rings. The number of amides is 1. The third-order valence-corrected chi connectivity index (χ3v) is 11.5. The number of hydrogen-bond donors (Lipinski definition) is 0. The van der Waals surface area contributed by atoms with E-state index < -0.39 is 19.6 Å². The molecule has 3 heterocycles. The van der Waals surface area contributed by atoms with Gasteiger partial charge in [-0.1, -0.05) is 83.9 Å². The van der Waals surface area contributed by atoms with Crippen LogP contribution in [0.15, 0.2) is 59.6 Å². The monoisotopic (exact) mass is 784 g/mol. The van der Waals surface area contributed by atoms with Crippen molar-refractivity contribution in [2.45, 2.75) is 84.6 Å². The van der Waals surface area contributed by atoms with Crippen LogP contribution >= 0.6 is 33.9 Å². The quantitative estimate of drug-likeness (QED) is 0.0504. The minimum atomic E-state index is -1.23. The molecular formula is C36H45IN4O4SSi. The van der Waals surface area contributed by atoms with Crippen LogP contribution in [0.2, 0.25) is 25.7 Å². The Bertz CT molecular complexity index is 1820. The largest absolute Gasteiger partial charge is 0.455 e. The van der Waals surface area contributed by atoms with E-state index in [1.165, 1.54) is 11.3 Å². The number of ether oxygens (including phenoxy) is 2. The van der Waals surface area contributed by atoms with Gasteiger partial charge in [0, 0.05) is 33.3 Å². The highest BCUT2D eigenvalue weighted by Gasteiger charge is 2.26. The minimum Gasteiger partial charge on any atom is -0.455 e. The standard InChI is InChI=1S/C36H45IN4O4SSi/c1-36(2,3)45-34(43)32-26(12-10-19-37)16-17-31(38-32)40-20-18-25-11-9-13-27(28(25)23-40)33(42)39-35-41(24-44-21-22-47(4,5)6)29-14-7-8-15-30(29)46-35/h7-9,11,13-17H,10,12,18-24H2,1-6H3/b39-35+. The number of esters is 1. The predicted molar refractivity (Wildman–Crippen MR) is 202 cm³/mol. The average Bonchev–Trinajstić information content (AvgIpc) is 3.36. The van der Waals surface area contributed by atoms with E-state index in [-0.39, 0.29) is 5.91 Å². The van der Waals surface area contributed by atoms with Gasteiger partial charge in [0.15, 0.2) is 10.5 Å². The molecule has 0 aliphatic carbocycles. The summed E-state index contributed by atoms with van der Waals surface area (Å²) in [6.45, 7) is 14.9. The lowest BCUT2D eigenvalue weighted by atomic mass is 9.94. The number of para-hydroxylation sites is 1. The van der Waals surface area contributed by atoms with E-state index in [4.69, 9.17) is 14.5 Å². The number of pyridine rings is 1. The van der Waals surface area contributed by atoms with Crippen LogP contribution in [0.1, 0.15) is 64.7 Å². The first-order valence-corrected chi connectivity index (χ1v) is 22.3. The number of aryl methyl sites for hydroxylation is 1. The third kappa shape index (κ3) is 9.18. The molecule has 250 valence electrons. The number of carbonyl (C=O) groups is 2. The van der Waals surface area contributed by atoms with Crippen LogP contribution in [-0.4, -0.2) is 52.7 Å². The Morgan fingerprint density at radius 3 is 2.60 bits per heavy atom. The van der Waals surface area contributed by atoms with Gasteiger partial charge in [0.1, 0.15) is 18.1 Å². The number of aromatic nitrogens is 2. The van der Waals surface area contributed by atoms with E-state index in [2.05, 4.69) is 64.3 Å². The van der Waals surface area contributed by atoms with Crippen molar-refractivity contribution in [1.29, 1.82) is 0 Å². The average molecular weight is 785 g/mol. The first-order valence-electron chi connectivity index (χ1n) is 16.2. The summed E-state index contributed by atoms with van der Waals surface area (Å²) >= 11 is 3.85. The predicted octanol–water partition coefficient (Wildman–Crippen LogP) is 8.04. The van der Waals surface area contributed by atoms with Gasteiger partial charge in [-0.3, -0.25) is 9.36 Å². The van der Waals surface area contributed by atoms with E-state index in [9.17, 15) is 9.59 Å². The van der Waals surface area contributed by atoms with Gasteiger partial charge in [-0.05, 0) is 91.5 Å². The molecule has 0 unspecified atom stereocenters. The fraction of sp³-hybridized carbons (Fsp3) is 0.444. The normalized spacial score (nSPS) is 14.0. The molecule has 5 rings (SSSR count). The van der Waals surface area contributed by atoms with Crippen LogP contribution in [0, 0.1) is 0 Å². The number of rotatable bonds is 11. The van der Waals surface area contributed by atoms with Crippen LogP contribution in [0.4, 0.5) is 5.82 Å². The molecule has 47 heavy (non-hydrogen) atoms. The number of nitrogens with zero attached hydrogens (tertiary/aromatic N) is 4. The van der Waals surface area contributed by atoms with E-state index in [1.807, 2.05) is 67.8 Å². The fourth-order valence-corrected chi connectivity index (χ4v) is 7.66. The molecule has 2 aromatic heterocycles. The van der Waals surface area contributed by atoms with Gasteiger partial charge >= 0.3 is 5.97 Å². The van der Waals surface area contributed by atoms with Crippen LogP contribution in [-0.2, 0) is 35.6 Å². The van der Waals surface area contributed by atoms with E-state index in [1.54, 1.807) is 0 Å². The molecule has 0 spiro atoms. The zero-order chi connectivity index (χ0) is 33.8. The van der Waals surface area contributed by atoms with Gasteiger partial charge in [-0.2, -0.15) is 4.99 Å². The molecule has 0 bridgehead atoms. The zero-order valence-corrected chi connectivity index (χ0v) is 32.2. The molecule has 8 nitrogen and oxygen atoms in total. The Labute approximate surface area is 296 Å². The summed E-state index contributed by atoms with van der Waals surface area (Å²) in [5.74, 6) is 0.0189. The summed E-state index contributed by atoms with van der Waals surface area (Å²) in [6, 6.07) is 19.0. The van der Waals surface area contributed by atoms with Crippen molar-refractivity contribution in [3.05, 3.63) is 87.3 Å². The van der Waals surface area contributed by atoms with Crippen molar-refractivity contribution >= 4 is 69.9 Å². The second-order valence-corrected chi connectivity index (χ2v) is 21.8. The molecule has 0 radical (unpaired) electrons. The highest BCUT2D eigenvalue weighted by molar-refractivity contribution is 14.1. The number of anilines is 1. The molecule has 4 aromatic rings. The highest BCUT2D eigenvalue weighted by atomic mass is 127. The molecule has 1 aliphatic heterocycles. The molecule has 1 amide bonds. The SMILES string of the molecule is CC(C)(C)OC(=O)c1nc(N2CCc3cccc(C(=O)/N=c4/sc5ccccc5n4COCC[Si](C)(C)C)c3C2)ccc1CCCI. The number of halogens is 1. The molecule has 11 heteroatoms. The molecule has 0 atom stereocenters. The first kappa shape index (κ1) is 35.4. The topological polar surface area (TPSA) is 86.0 Å². The Hall–Kier alpha value is -2.87. The van der Waals surface area contributed by atoms with Crippen molar-refractivity contribution in [3.63, 3.8) is 0 Å². The summed E-state index contributed by atoms with van der Waals surface area (Å²) in [5, 5.41) is 0. The molecule has 2 aromatic carbocycles. The van der Waals surface area contributed by atoms with Crippen molar-refractivity contribution in [3.8, 4) is 0 Å². The maximum absolute atomic E-state index is 13.9. The number of benzene rings is 2. The van der Waals surface area contributed by atoms with Gasteiger partial charge in [0.25, 0.3) is 5.91 Å². The van der Waals surface area contributed by atoms with Crippen molar-refractivity contribution in [2.24, 2.45) is 4.99 Å². The first-order chi connectivity index (χ1) is 22.3. The van der Waals surface area contributed by atoms with Crippen molar-refractivity contribution < 1.29 is 19.1 Å². The van der Waals surface area contributed by atoms with E-state index >= 15 is 0 Å². The number of alkyl halides is 1. The number of fused-ring (bicyclic) bond motifs is 2. The maximum atomic E-state index is 13.9. The third-order valence-electron chi connectivity index (χ3n) is 7.97. The maximum Gasteiger partial charge on any atom is 0.357 e. The summed E-state index contributed by atoms with van der Waals surface area (Å²) in [5.41, 5.74) is 4.31.